The minimum Gasteiger partial charge on any atom is -0.493 e. The Hall–Kier alpha value is -2.52. The van der Waals surface area contributed by atoms with Gasteiger partial charge in [0.15, 0.2) is 17.5 Å². The minimum atomic E-state index is -0.0978. The summed E-state index contributed by atoms with van der Waals surface area (Å²) in [5.74, 6) is 1.92. The molecule has 1 aliphatic heterocycles. The van der Waals surface area contributed by atoms with Gasteiger partial charge >= 0.3 is 0 Å². The SMILES string of the molecule is CCNC(=O)CN=C(NCC)NCC(c1ccc(OC)c(OC)c1)N1CCOCC1. The van der Waals surface area contributed by atoms with Crippen LogP contribution in [0.4, 0.5) is 0 Å². The Bertz CT molecular complexity index is 692. The van der Waals surface area contributed by atoms with Gasteiger partial charge in [0.1, 0.15) is 6.54 Å². The van der Waals surface area contributed by atoms with Crippen LogP contribution in [0.2, 0.25) is 0 Å². The van der Waals surface area contributed by atoms with Gasteiger partial charge in [-0.05, 0) is 31.5 Å². The first-order chi connectivity index (χ1) is 14.6. The maximum Gasteiger partial charge on any atom is 0.241 e. The Kier molecular flexibility index (Phi) is 10.2. The molecule has 0 aliphatic carbocycles. The maximum absolute atomic E-state index is 11.8. The molecule has 9 nitrogen and oxygen atoms in total. The number of carbonyl (C=O) groups excluding carboxylic acids is 1. The molecular weight excluding hydrogens is 386 g/mol. The summed E-state index contributed by atoms with van der Waals surface area (Å²) in [7, 11) is 3.27. The Morgan fingerprint density at radius 1 is 1.10 bits per heavy atom. The van der Waals surface area contributed by atoms with Gasteiger partial charge in [-0.3, -0.25) is 9.69 Å². The topological polar surface area (TPSA) is 96.5 Å². The van der Waals surface area contributed by atoms with Crippen LogP contribution in [0.5, 0.6) is 11.5 Å². The van der Waals surface area contributed by atoms with Crippen molar-refractivity contribution in [1.82, 2.24) is 20.9 Å². The van der Waals surface area contributed by atoms with Crippen molar-refractivity contribution in [3.05, 3.63) is 23.8 Å². The molecule has 1 aromatic rings. The quantitative estimate of drug-likeness (QED) is 0.379. The van der Waals surface area contributed by atoms with E-state index < -0.39 is 0 Å². The second-order valence-corrected chi connectivity index (χ2v) is 6.81. The predicted molar refractivity (Wildman–Crippen MR) is 117 cm³/mol. The summed E-state index contributed by atoms with van der Waals surface area (Å²) in [5, 5.41) is 9.35. The van der Waals surface area contributed by atoms with E-state index in [0.717, 1.165) is 18.7 Å². The number of guanidine groups is 1. The van der Waals surface area contributed by atoms with Gasteiger partial charge in [-0.15, -0.1) is 0 Å². The molecule has 168 valence electrons. The van der Waals surface area contributed by atoms with E-state index in [1.807, 2.05) is 26.0 Å². The first-order valence-corrected chi connectivity index (χ1v) is 10.5. The third-order valence-electron chi connectivity index (χ3n) is 4.84. The lowest BCUT2D eigenvalue weighted by molar-refractivity contribution is -0.119. The van der Waals surface area contributed by atoms with Gasteiger partial charge in [0.2, 0.25) is 5.91 Å². The van der Waals surface area contributed by atoms with Crippen LogP contribution >= 0.6 is 0 Å². The predicted octanol–water partition coefficient (Wildman–Crippen LogP) is 0.768. The minimum absolute atomic E-state index is 0.0851. The van der Waals surface area contributed by atoms with E-state index in [0.29, 0.717) is 50.3 Å². The van der Waals surface area contributed by atoms with Crippen LogP contribution in [-0.2, 0) is 9.53 Å². The van der Waals surface area contributed by atoms with Crippen molar-refractivity contribution in [3.8, 4) is 11.5 Å². The van der Waals surface area contributed by atoms with E-state index in [2.05, 4.69) is 31.9 Å². The average Bonchev–Trinajstić information content (AvgIpc) is 2.78. The summed E-state index contributed by atoms with van der Waals surface area (Å²) in [6, 6.07) is 6.08. The Balaban J connectivity index is 2.18. The molecule has 1 amide bonds. The van der Waals surface area contributed by atoms with Gasteiger partial charge in [0, 0.05) is 32.7 Å². The monoisotopic (exact) mass is 421 g/mol. The molecule has 1 unspecified atom stereocenters. The number of nitrogens with one attached hydrogen (secondary N) is 3. The van der Waals surface area contributed by atoms with Crippen LogP contribution < -0.4 is 25.4 Å². The van der Waals surface area contributed by atoms with E-state index in [1.165, 1.54) is 0 Å². The van der Waals surface area contributed by atoms with Crippen molar-refractivity contribution >= 4 is 11.9 Å². The highest BCUT2D eigenvalue weighted by molar-refractivity contribution is 5.84. The number of benzene rings is 1. The number of hydrogen-bond donors (Lipinski definition) is 3. The van der Waals surface area contributed by atoms with Crippen molar-refractivity contribution < 1.29 is 19.0 Å². The van der Waals surface area contributed by atoms with Crippen LogP contribution in [0, 0.1) is 0 Å². The number of aliphatic imine (C=N–C) groups is 1. The van der Waals surface area contributed by atoms with Crippen molar-refractivity contribution in [2.24, 2.45) is 4.99 Å². The lowest BCUT2D eigenvalue weighted by atomic mass is 10.0. The first-order valence-electron chi connectivity index (χ1n) is 10.5. The highest BCUT2D eigenvalue weighted by Gasteiger charge is 2.24. The van der Waals surface area contributed by atoms with Crippen LogP contribution in [0.25, 0.3) is 0 Å². The van der Waals surface area contributed by atoms with Gasteiger partial charge < -0.3 is 30.2 Å². The van der Waals surface area contributed by atoms with Gasteiger partial charge in [-0.25, -0.2) is 4.99 Å². The summed E-state index contributed by atoms with van der Waals surface area (Å²) in [4.78, 5) is 18.5. The highest BCUT2D eigenvalue weighted by Crippen LogP contribution is 2.32. The van der Waals surface area contributed by atoms with Crippen LogP contribution in [-0.4, -0.2) is 83.5 Å². The Morgan fingerprint density at radius 2 is 1.80 bits per heavy atom. The number of ether oxygens (including phenoxy) is 3. The smallest absolute Gasteiger partial charge is 0.241 e. The summed E-state index contributed by atoms with van der Waals surface area (Å²) >= 11 is 0. The largest absolute Gasteiger partial charge is 0.493 e. The number of amides is 1. The normalized spacial score (nSPS) is 15.9. The lowest BCUT2D eigenvalue weighted by Gasteiger charge is -2.35. The molecule has 0 spiro atoms. The zero-order chi connectivity index (χ0) is 21.8. The van der Waals surface area contributed by atoms with E-state index in [-0.39, 0.29) is 18.5 Å². The molecule has 1 atom stereocenters. The molecule has 0 radical (unpaired) electrons. The average molecular weight is 422 g/mol. The molecule has 0 bridgehead atoms. The molecule has 0 saturated carbocycles. The number of nitrogens with zero attached hydrogens (tertiary/aromatic N) is 2. The molecular formula is C21H35N5O4. The summed E-state index contributed by atoms with van der Waals surface area (Å²) in [6.07, 6.45) is 0. The summed E-state index contributed by atoms with van der Waals surface area (Å²) in [6.45, 7) is 8.98. The zero-order valence-corrected chi connectivity index (χ0v) is 18.5. The molecule has 3 N–H and O–H groups in total. The second kappa shape index (κ2) is 12.9. The standard InChI is InChI=1S/C21H35N5O4/c1-5-22-20(27)15-25-21(23-6-2)24-14-17(26-9-11-30-12-10-26)16-7-8-18(28-3)19(13-16)29-4/h7-8,13,17H,5-6,9-12,14-15H2,1-4H3,(H,22,27)(H2,23,24,25). The van der Waals surface area contributed by atoms with Gasteiger partial charge in [-0.2, -0.15) is 0 Å². The van der Waals surface area contributed by atoms with Crippen LogP contribution in [0.1, 0.15) is 25.5 Å². The number of morpholine rings is 1. The Labute approximate surface area is 179 Å². The van der Waals surface area contributed by atoms with Crippen molar-refractivity contribution in [2.45, 2.75) is 19.9 Å². The van der Waals surface area contributed by atoms with Crippen molar-refractivity contribution in [1.29, 1.82) is 0 Å². The number of likely N-dealkylation sites (N-methyl/N-ethyl adjacent to an activating group) is 1. The van der Waals surface area contributed by atoms with Crippen LogP contribution in [0.15, 0.2) is 23.2 Å². The van der Waals surface area contributed by atoms with Crippen molar-refractivity contribution in [3.63, 3.8) is 0 Å². The number of carbonyl (C=O) groups is 1. The van der Waals surface area contributed by atoms with Gasteiger partial charge in [0.25, 0.3) is 0 Å². The van der Waals surface area contributed by atoms with E-state index in [9.17, 15) is 4.79 Å². The number of hydrogen-bond acceptors (Lipinski definition) is 6. The van der Waals surface area contributed by atoms with E-state index in [1.54, 1.807) is 14.2 Å². The zero-order valence-electron chi connectivity index (χ0n) is 18.5. The molecule has 2 rings (SSSR count). The fourth-order valence-corrected chi connectivity index (χ4v) is 3.35. The van der Waals surface area contributed by atoms with E-state index in [4.69, 9.17) is 14.2 Å². The molecule has 1 fully saturated rings. The van der Waals surface area contributed by atoms with Crippen molar-refractivity contribution in [2.75, 3.05) is 66.7 Å². The van der Waals surface area contributed by atoms with Gasteiger partial charge in [-0.1, -0.05) is 6.07 Å². The first kappa shape index (κ1) is 23.8. The molecule has 1 aliphatic rings. The molecule has 30 heavy (non-hydrogen) atoms. The fraction of sp³-hybridized carbons (Fsp3) is 0.619. The number of rotatable bonds is 10. The second-order valence-electron chi connectivity index (χ2n) is 6.81. The summed E-state index contributed by atoms with van der Waals surface area (Å²) < 4.78 is 16.4. The highest BCUT2D eigenvalue weighted by atomic mass is 16.5. The lowest BCUT2D eigenvalue weighted by Crippen LogP contribution is -2.46. The molecule has 1 heterocycles. The number of methoxy groups -OCH3 is 2. The third kappa shape index (κ3) is 7.07. The van der Waals surface area contributed by atoms with Crippen LogP contribution in [0.3, 0.4) is 0 Å². The fourth-order valence-electron chi connectivity index (χ4n) is 3.35. The van der Waals surface area contributed by atoms with Gasteiger partial charge in [0.05, 0.1) is 33.5 Å². The Morgan fingerprint density at radius 3 is 2.43 bits per heavy atom. The summed E-state index contributed by atoms with van der Waals surface area (Å²) in [5.41, 5.74) is 1.11. The molecule has 1 saturated heterocycles. The molecule has 0 aromatic heterocycles. The third-order valence-corrected chi connectivity index (χ3v) is 4.84. The maximum atomic E-state index is 11.8. The molecule has 9 heteroatoms. The molecule has 1 aromatic carbocycles. The van der Waals surface area contributed by atoms with E-state index >= 15 is 0 Å².